The SMILES string of the molecule is CC(NCc1ccc2c(c1)nnn2C)c1ccc2c(c1)CCC(=O)N2. The van der Waals surface area contributed by atoms with Crippen LogP contribution in [0.15, 0.2) is 36.4 Å². The molecule has 3 aromatic rings. The number of anilines is 1. The van der Waals surface area contributed by atoms with Crippen LogP contribution in [0.2, 0.25) is 0 Å². The first-order valence-corrected chi connectivity index (χ1v) is 8.54. The Morgan fingerprint density at radius 2 is 2.12 bits per heavy atom. The number of hydrogen-bond acceptors (Lipinski definition) is 4. The van der Waals surface area contributed by atoms with Crippen molar-refractivity contribution in [3.05, 3.63) is 53.1 Å². The van der Waals surface area contributed by atoms with Gasteiger partial charge in [0, 0.05) is 31.7 Å². The lowest BCUT2D eigenvalue weighted by molar-refractivity contribution is -0.116. The van der Waals surface area contributed by atoms with Crippen LogP contribution in [-0.4, -0.2) is 20.9 Å². The number of hydrogen-bond donors (Lipinski definition) is 2. The van der Waals surface area contributed by atoms with E-state index in [0.717, 1.165) is 29.7 Å². The predicted octanol–water partition coefficient (Wildman–Crippen LogP) is 2.70. The minimum Gasteiger partial charge on any atom is -0.326 e. The van der Waals surface area contributed by atoms with Gasteiger partial charge in [0.05, 0.1) is 5.52 Å². The third kappa shape index (κ3) is 3.13. The first-order chi connectivity index (χ1) is 12.1. The van der Waals surface area contributed by atoms with Crippen LogP contribution in [0.5, 0.6) is 0 Å². The van der Waals surface area contributed by atoms with Gasteiger partial charge in [-0.15, -0.1) is 5.10 Å². The second-order valence-electron chi connectivity index (χ2n) is 6.60. The number of amides is 1. The van der Waals surface area contributed by atoms with E-state index >= 15 is 0 Å². The summed E-state index contributed by atoms with van der Waals surface area (Å²) >= 11 is 0. The summed E-state index contributed by atoms with van der Waals surface area (Å²) in [4.78, 5) is 11.5. The highest BCUT2D eigenvalue weighted by Gasteiger charge is 2.16. The van der Waals surface area contributed by atoms with Crippen molar-refractivity contribution in [1.82, 2.24) is 20.3 Å². The molecule has 1 aromatic heterocycles. The molecular formula is C19H21N5O. The minimum absolute atomic E-state index is 0.103. The van der Waals surface area contributed by atoms with Gasteiger partial charge < -0.3 is 10.6 Å². The van der Waals surface area contributed by atoms with Crippen LogP contribution in [0.1, 0.15) is 36.1 Å². The number of fused-ring (bicyclic) bond motifs is 2. The fraction of sp³-hybridized carbons (Fsp3) is 0.316. The van der Waals surface area contributed by atoms with E-state index in [4.69, 9.17) is 0 Å². The summed E-state index contributed by atoms with van der Waals surface area (Å²) in [7, 11) is 1.90. The van der Waals surface area contributed by atoms with E-state index < -0.39 is 0 Å². The van der Waals surface area contributed by atoms with E-state index in [1.165, 1.54) is 16.7 Å². The van der Waals surface area contributed by atoms with E-state index in [2.05, 4.69) is 58.2 Å². The molecule has 0 saturated heterocycles. The maximum atomic E-state index is 11.5. The summed E-state index contributed by atoms with van der Waals surface area (Å²) < 4.78 is 1.78. The molecule has 128 valence electrons. The molecule has 0 saturated carbocycles. The van der Waals surface area contributed by atoms with Gasteiger partial charge in [0.2, 0.25) is 5.91 Å². The maximum absolute atomic E-state index is 11.5. The molecule has 1 unspecified atom stereocenters. The largest absolute Gasteiger partial charge is 0.326 e. The van der Waals surface area contributed by atoms with E-state index in [1.807, 2.05) is 13.1 Å². The highest BCUT2D eigenvalue weighted by Crippen LogP contribution is 2.26. The second-order valence-corrected chi connectivity index (χ2v) is 6.60. The summed E-state index contributed by atoms with van der Waals surface area (Å²) in [6.07, 6.45) is 1.38. The van der Waals surface area contributed by atoms with Crippen LogP contribution in [0.4, 0.5) is 5.69 Å². The van der Waals surface area contributed by atoms with Crippen molar-refractivity contribution in [1.29, 1.82) is 0 Å². The lowest BCUT2D eigenvalue weighted by Gasteiger charge is -2.20. The number of aryl methyl sites for hydroxylation is 2. The van der Waals surface area contributed by atoms with E-state index in [1.54, 1.807) is 4.68 Å². The molecule has 6 heteroatoms. The molecule has 0 radical (unpaired) electrons. The van der Waals surface area contributed by atoms with Crippen molar-refractivity contribution in [3.8, 4) is 0 Å². The maximum Gasteiger partial charge on any atom is 0.224 e. The van der Waals surface area contributed by atoms with Crippen molar-refractivity contribution in [2.45, 2.75) is 32.4 Å². The molecule has 6 nitrogen and oxygen atoms in total. The van der Waals surface area contributed by atoms with Crippen molar-refractivity contribution >= 4 is 22.6 Å². The highest BCUT2D eigenvalue weighted by molar-refractivity contribution is 5.93. The average molecular weight is 335 g/mol. The Hall–Kier alpha value is -2.73. The molecule has 4 rings (SSSR count). The molecule has 1 atom stereocenters. The van der Waals surface area contributed by atoms with Gasteiger partial charge in [0.15, 0.2) is 0 Å². The predicted molar refractivity (Wildman–Crippen MR) is 97.2 cm³/mol. The molecule has 2 aromatic carbocycles. The topological polar surface area (TPSA) is 71.8 Å². The van der Waals surface area contributed by atoms with E-state index in [0.29, 0.717) is 6.42 Å². The van der Waals surface area contributed by atoms with Crippen LogP contribution in [0, 0.1) is 0 Å². The molecule has 0 spiro atoms. The lowest BCUT2D eigenvalue weighted by Crippen LogP contribution is -2.21. The molecule has 25 heavy (non-hydrogen) atoms. The third-order valence-electron chi connectivity index (χ3n) is 4.81. The smallest absolute Gasteiger partial charge is 0.224 e. The number of carbonyl (C=O) groups excluding carboxylic acids is 1. The Morgan fingerprint density at radius 3 is 3.00 bits per heavy atom. The average Bonchev–Trinajstić information content (AvgIpc) is 2.99. The number of benzene rings is 2. The molecule has 1 aliphatic rings. The van der Waals surface area contributed by atoms with Gasteiger partial charge in [-0.1, -0.05) is 23.4 Å². The van der Waals surface area contributed by atoms with Gasteiger partial charge in [-0.05, 0) is 48.2 Å². The Labute approximate surface area is 146 Å². The number of nitrogens with one attached hydrogen (secondary N) is 2. The van der Waals surface area contributed by atoms with Crippen LogP contribution < -0.4 is 10.6 Å². The molecular weight excluding hydrogens is 314 g/mol. The highest BCUT2D eigenvalue weighted by atomic mass is 16.1. The molecule has 2 heterocycles. The number of nitrogens with zero attached hydrogens (tertiary/aromatic N) is 3. The van der Waals surface area contributed by atoms with Crippen LogP contribution >= 0.6 is 0 Å². The summed E-state index contributed by atoms with van der Waals surface area (Å²) in [5.41, 5.74) is 6.53. The second kappa shape index (κ2) is 6.29. The van der Waals surface area contributed by atoms with Gasteiger partial charge >= 0.3 is 0 Å². The summed E-state index contributed by atoms with van der Waals surface area (Å²) in [6.45, 7) is 2.92. The Bertz CT molecular complexity index is 946. The van der Waals surface area contributed by atoms with Gasteiger partial charge in [-0.25, -0.2) is 4.68 Å². The first kappa shape index (κ1) is 15.8. The zero-order valence-electron chi connectivity index (χ0n) is 14.4. The van der Waals surface area contributed by atoms with Crippen molar-refractivity contribution in [2.24, 2.45) is 7.05 Å². The minimum atomic E-state index is 0.103. The number of carbonyl (C=O) groups is 1. The summed E-state index contributed by atoms with van der Waals surface area (Å²) in [5.74, 6) is 0.103. The Balaban J connectivity index is 1.46. The van der Waals surface area contributed by atoms with Crippen LogP contribution in [-0.2, 0) is 24.8 Å². The van der Waals surface area contributed by atoms with Gasteiger partial charge in [-0.2, -0.15) is 0 Å². The monoisotopic (exact) mass is 335 g/mol. The third-order valence-corrected chi connectivity index (χ3v) is 4.81. The quantitative estimate of drug-likeness (QED) is 0.769. The standard InChI is InChI=1S/C19H21N5O/c1-12(14-4-6-16-15(10-14)5-8-19(25)21-16)20-11-13-3-7-18-17(9-13)22-23-24(18)2/h3-4,6-7,9-10,12,20H,5,8,11H2,1-2H3,(H,21,25). The lowest BCUT2D eigenvalue weighted by atomic mass is 9.97. The van der Waals surface area contributed by atoms with E-state index in [-0.39, 0.29) is 11.9 Å². The molecule has 2 N–H and O–H groups in total. The molecule has 0 bridgehead atoms. The van der Waals surface area contributed by atoms with Gasteiger partial charge in [0.25, 0.3) is 0 Å². The summed E-state index contributed by atoms with van der Waals surface area (Å²) in [5, 5.41) is 14.7. The normalized spacial score (nSPS) is 15.0. The molecule has 1 aliphatic heterocycles. The van der Waals surface area contributed by atoms with E-state index in [9.17, 15) is 4.79 Å². The van der Waals surface area contributed by atoms with Crippen molar-refractivity contribution in [3.63, 3.8) is 0 Å². The number of rotatable bonds is 4. The van der Waals surface area contributed by atoms with Crippen molar-refractivity contribution < 1.29 is 4.79 Å². The fourth-order valence-electron chi connectivity index (χ4n) is 3.26. The Kier molecular flexibility index (Phi) is 3.97. The summed E-state index contributed by atoms with van der Waals surface area (Å²) in [6, 6.07) is 12.7. The molecule has 0 aliphatic carbocycles. The molecule has 1 amide bonds. The van der Waals surface area contributed by atoms with Gasteiger partial charge in [0.1, 0.15) is 5.52 Å². The first-order valence-electron chi connectivity index (χ1n) is 8.54. The van der Waals surface area contributed by atoms with Crippen LogP contribution in [0.3, 0.4) is 0 Å². The van der Waals surface area contributed by atoms with Gasteiger partial charge in [-0.3, -0.25) is 4.79 Å². The zero-order chi connectivity index (χ0) is 17.4. The van der Waals surface area contributed by atoms with Crippen molar-refractivity contribution in [2.75, 3.05) is 5.32 Å². The van der Waals surface area contributed by atoms with Crippen LogP contribution in [0.25, 0.3) is 11.0 Å². The number of aromatic nitrogens is 3. The zero-order valence-corrected chi connectivity index (χ0v) is 14.4. The fourth-order valence-corrected chi connectivity index (χ4v) is 3.26. The Morgan fingerprint density at radius 1 is 1.24 bits per heavy atom. The molecule has 0 fully saturated rings.